The number of esters is 3. The normalized spacial score (nSPS) is 12.5. The molecule has 1 atom stereocenters. The second kappa shape index (κ2) is 50.8. The van der Waals surface area contributed by atoms with Crippen molar-refractivity contribution in [2.75, 3.05) is 13.2 Å². The Morgan fingerprint density at radius 2 is 0.629 bits per heavy atom. The molecule has 0 saturated carbocycles. The first-order valence-electron chi connectivity index (χ1n) is 26.3. The largest absolute Gasteiger partial charge is 0.462 e. The zero-order valence-electron chi connectivity index (χ0n) is 40.9. The van der Waals surface area contributed by atoms with E-state index in [2.05, 4.69) is 81.5 Å². The Labute approximate surface area is 383 Å². The van der Waals surface area contributed by atoms with Gasteiger partial charge in [0.2, 0.25) is 0 Å². The zero-order valence-corrected chi connectivity index (χ0v) is 40.9. The van der Waals surface area contributed by atoms with Crippen LogP contribution in [0, 0.1) is 0 Å². The minimum atomic E-state index is -0.798. The number of carbonyl (C=O) groups excluding carboxylic acids is 3. The molecule has 358 valence electrons. The summed E-state index contributed by atoms with van der Waals surface area (Å²) in [7, 11) is 0. The minimum Gasteiger partial charge on any atom is -0.462 e. The lowest BCUT2D eigenvalue weighted by Crippen LogP contribution is -2.30. The Morgan fingerprint density at radius 1 is 0.339 bits per heavy atom. The SMILES string of the molecule is CC/C=C\C/C=C\C/C=C\C/C=C\C/C=C\CCCC(=O)OC(COC(=O)CCCCCCCCCC)COC(=O)CCCCCCCCCCCCCCCCCCCCC. The van der Waals surface area contributed by atoms with Crippen molar-refractivity contribution in [3.8, 4) is 0 Å². The summed E-state index contributed by atoms with van der Waals surface area (Å²) in [6.45, 7) is 6.46. The van der Waals surface area contributed by atoms with E-state index in [1.807, 2.05) is 0 Å². The lowest BCUT2D eigenvalue weighted by molar-refractivity contribution is -0.167. The molecule has 0 aliphatic rings. The van der Waals surface area contributed by atoms with Crippen LogP contribution < -0.4 is 0 Å². The number of unbranched alkanes of at least 4 members (excludes halogenated alkanes) is 26. The van der Waals surface area contributed by atoms with Crippen molar-refractivity contribution in [1.29, 1.82) is 0 Å². The van der Waals surface area contributed by atoms with Crippen LogP contribution in [0.1, 0.15) is 258 Å². The van der Waals surface area contributed by atoms with E-state index in [9.17, 15) is 14.4 Å². The first-order chi connectivity index (χ1) is 30.5. The predicted octanol–water partition coefficient (Wildman–Crippen LogP) is 17.3. The highest BCUT2D eigenvalue weighted by Crippen LogP contribution is 2.16. The van der Waals surface area contributed by atoms with Crippen LogP contribution >= 0.6 is 0 Å². The van der Waals surface area contributed by atoms with Crippen LogP contribution in [0.5, 0.6) is 0 Å². The van der Waals surface area contributed by atoms with Crippen LogP contribution in [0.2, 0.25) is 0 Å². The smallest absolute Gasteiger partial charge is 0.306 e. The standard InChI is InChI=1S/C56H98O6/c1-4-7-10-13-16-19-21-23-25-27-28-30-31-33-35-37-40-43-46-49-55(58)61-52-53(51-60-54(57)48-45-42-39-18-15-12-9-6-3)62-56(59)50-47-44-41-38-36-34-32-29-26-24-22-20-17-14-11-8-5-2/h8,11,17,20,24,26,32,34,38,41,53H,4-7,9-10,12-16,18-19,21-23,25,27-31,33,35-37,39-40,42-52H2,1-3H3/b11-8-,20-17-,26-24-,34-32-,41-38-. The van der Waals surface area contributed by atoms with Crippen molar-refractivity contribution >= 4 is 17.9 Å². The maximum atomic E-state index is 12.7. The van der Waals surface area contributed by atoms with Crippen molar-refractivity contribution in [3.05, 3.63) is 60.8 Å². The van der Waals surface area contributed by atoms with Gasteiger partial charge in [-0.3, -0.25) is 14.4 Å². The number of hydrogen-bond donors (Lipinski definition) is 0. The summed E-state index contributed by atoms with van der Waals surface area (Å²) in [6, 6.07) is 0. The highest BCUT2D eigenvalue weighted by atomic mass is 16.6. The van der Waals surface area contributed by atoms with Gasteiger partial charge in [0.1, 0.15) is 13.2 Å². The molecular formula is C56H98O6. The molecule has 1 unspecified atom stereocenters. The van der Waals surface area contributed by atoms with Crippen molar-refractivity contribution < 1.29 is 28.6 Å². The van der Waals surface area contributed by atoms with Crippen LogP contribution in [0.15, 0.2) is 60.8 Å². The molecule has 62 heavy (non-hydrogen) atoms. The first-order valence-corrected chi connectivity index (χ1v) is 26.3. The zero-order chi connectivity index (χ0) is 45.1. The fourth-order valence-electron chi connectivity index (χ4n) is 7.36. The molecule has 0 amide bonds. The molecule has 6 heteroatoms. The van der Waals surface area contributed by atoms with Gasteiger partial charge in [0.05, 0.1) is 0 Å². The number of allylic oxidation sites excluding steroid dienone is 10. The van der Waals surface area contributed by atoms with Gasteiger partial charge >= 0.3 is 17.9 Å². The summed E-state index contributed by atoms with van der Waals surface area (Å²) >= 11 is 0. The minimum absolute atomic E-state index is 0.0937. The molecule has 0 heterocycles. The van der Waals surface area contributed by atoms with E-state index in [-0.39, 0.29) is 37.5 Å². The van der Waals surface area contributed by atoms with Crippen LogP contribution in [-0.2, 0) is 28.6 Å². The molecule has 0 aromatic carbocycles. The van der Waals surface area contributed by atoms with Crippen LogP contribution in [0.4, 0.5) is 0 Å². The molecule has 0 rings (SSSR count). The molecular weight excluding hydrogens is 769 g/mol. The van der Waals surface area contributed by atoms with Crippen molar-refractivity contribution in [3.63, 3.8) is 0 Å². The van der Waals surface area contributed by atoms with E-state index in [1.54, 1.807) is 0 Å². The molecule has 0 aliphatic heterocycles. The molecule has 0 aromatic rings. The maximum Gasteiger partial charge on any atom is 0.306 e. The molecule has 0 aliphatic carbocycles. The van der Waals surface area contributed by atoms with E-state index in [1.165, 1.54) is 135 Å². The van der Waals surface area contributed by atoms with Crippen molar-refractivity contribution in [2.24, 2.45) is 0 Å². The summed E-state index contributed by atoms with van der Waals surface area (Å²) in [6.07, 6.45) is 62.3. The van der Waals surface area contributed by atoms with Gasteiger partial charge in [-0.1, -0.05) is 242 Å². The highest BCUT2D eigenvalue weighted by Gasteiger charge is 2.19. The second-order valence-electron chi connectivity index (χ2n) is 17.4. The molecule has 0 N–H and O–H groups in total. The van der Waals surface area contributed by atoms with Crippen LogP contribution in [-0.4, -0.2) is 37.2 Å². The van der Waals surface area contributed by atoms with Gasteiger partial charge in [0.25, 0.3) is 0 Å². The number of hydrogen-bond acceptors (Lipinski definition) is 6. The lowest BCUT2D eigenvalue weighted by atomic mass is 10.0. The van der Waals surface area contributed by atoms with Crippen molar-refractivity contribution in [1.82, 2.24) is 0 Å². The van der Waals surface area contributed by atoms with Gasteiger partial charge in [0.15, 0.2) is 6.10 Å². The summed E-state index contributed by atoms with van der Waals surface area (Å²) in [4.78, 5) is 37.8. The van der Waals surface area contributed by atoms with E-state index >= 15 is 0 Å². The molecule has 0 radical (unpaired) electrons. The topological polar surface area (TPSA) is 78.9 Å². The van der Waals surface area contributed by atoms with E-state index < -0.39 is 6.10 Å². The molecule has 0 bridgehead atoms. The van der Waals surface area contributed by atoms with Crippen LogP contribution in [0.3, 0.4) is 0 Å². The maximum absolute atomic E-state index is 12.7. The highest BCUT2D eigenvalue weighted by molar-refractivity contribution is 5.71. The van der Waals surface area contributed by atoms with Gasteiger partial charge in [-0.25, -0.2) is 0 Å². The molecule has 0 saturated heterocycles. The van der Waals surface area contributed by atoms with Gasteiger partial charge in [-0.15, -0.1) is 0 Å². The van der Waals surface area contributed by atoms with E-state index in [0.29, 0.717) is 19.3 Å². The third-order valence-electron chi connectivity index (χ3n) is 11.3. The fourth-order valence-corrected chi connectivity index (χ4v) is 7.36. The lowest BCUT2D eigenvalue weighted by Gasteiger charge is -2.18. The number of carbonyl (C=O) groups is 3. The summed E-state index contributed by atoms with van der Waals surface area (Å²) in [5.41, 5.74) is 0. The third-order valence-corrected chi connectivity index (χ3v) is 11.3. The Balaban J connectivity index is 4.33. The van der Waals surface area contributed by atoms with Gasteiger partial charge in [0, 0.05) is 19.3 Å². The Morgan fingerprint density at radius 3 is 0.968 bits per heavy atom. The first kappa shape index (κ1) is 59.1. The van der Waals surface area contributed by atoms with Gasteiger partial charge < -0.3 is 14.2 Å². The fraction of sp³-hybridized carbons (Fsp3) is 0.768. The molecule has 6 nitrogen and oxygen atoms in total. The average molecular weight is 867 g/mol. The Kier molecular flexibility index (Phi) is 48.4. The Hall–Kier alpha value is -2.89. The van der Waals surface area contributed by atoms with Crippen molar-refractivity contribution in [2.45, 2.75) is 264 Å². The van der Waals surface area contributed by atoms with Gasteiger partial charge in [-0.2, -0.15) is 0 Å². The van der Waals surface area contributed by atoms with E-state index in [0.717, 1.165) is 77.0 Å². The van der Waals surface area contributed by atoms with Gasteiger partial charge in [-0.05, 0) is 57.8 Å². The summed E-state index contributed by atoms with van der Waals surface area (Å²) in [5.74, 6) is -0.950. The third kappa shape index (κ3) is 48.1. The predicted molar refractivity (Wildman–Crippen MR) is 265 cm³/mol. The quantitative estimate of drug-likeness (QED) is 0.0262. The molecule has 0 fully saturated rings. The number of rotatable bonds is 47. The average Bonchev–Trinajstić information content (AvgIpc) is 3.27. The second-order valence-corrected chi connectivity index (χ2v) is 17.4. The Bertz CT molecular complexity index is 1130. The molecule has 0 spiro atoms. The number of ether oxygens (including phenoxy) is 3. The summed E-state index contributed by atoms with van der Waals surface area (Å²) < 4.78 is 16.7. The van der Waals surface area contributed by atoms with Crippen LogP contribution in [0.25, 0.3) is 0 Å². The van der Waals surface area contributed by atoms with E-state index in [4.69, 9.17) is 14.2 Å². The summed E-state index contributed by atoms with van der Waals surface area (Å²) in [5, 5.41) is 0. The molecule has 0 aromatic heterocycles. The monoisotopic (exact) mass is 867 g/mol.